The van der Waals surface area contributed by atoms with Gasteiger partial charge in [0.05, 0.1) is 11.1 Å². The zero-order valence-corrected chi connectivity index (χ0v) is 10.7. The molecule has 0 saturated heterocycles. The summed E-state index contributed by atoms with van der Waals surface area (Å²) < 4.78 is 4.56. The molecular formula is C15H18O3. The van der Waals surface area contributed by atoms with Gasteiger partial charge in [-0.2, -0.15) is 0 Å². The maximum atomic E-state index is 11.2. The van der Waals surface area contributed by atoms with Crippen molar-refractivity contribution in [2.45, 2.75) is 45.4 Å². The Labute approximate surface area is 107 Å². The van der Waals surface area contributed by atoms with Crippen LogP contribution in [0.4, 0.5) is 0 Å². The number of carbonyl (C=O) groups is 2. The zero-order chi connectivity index (χ0) is 12.7. The Morgan fingerprint density at radius 1 is 1.11 bits per heavy atom. The number of hydrogen-bond acceptors (Lipinski definition) is 3. The molecule has 0 radical (unpaired) electrons. The van der Waals surface area contributed by atoms with Crippen LogP contribution in [0.25, 0.3) is 0 Å². The average Bonchev–Trinajstić information content (AvgIpc) is 2.83. The highest BCUT2D eigenvalue weighted by molar-refractivity contribution is 6.13. The van der Waals surface area contributed by atoms with Crippen LogP contribution in [-0.2, 0) is 14.3 Å². The van der Waals surface area contributed by atoms with Crippen molar-refractivity contribution in [3.63, 3.8) is 0 Å². The highest BCUT2D eigenvalue weighted by Gasteiger charge is 2.50. The first-order valence-corrected chi connectivity index (χ1v) is 6.89. The van der Waals surface area contributed by atoms with Gasteiger partial charge in [0.15, 0.2) is 0 Å². The third-order valence-corrected chi connectivity index (χ3v) is 4.20. The molecule has 2 atom stereocenters. The van der Waals surface area contributed by atoms with Gasteiger partial charge in [0.2, 0.25) is 0 Å². The molecule has 2 fully saturated rings. The Morgan fingerprint density at radius 2 is 1.67 bits per heavy atom. The summed E-state index contributed by atoms with van der Waals surface area (Å²) in [5.41, 5.74) is 3.07. The van der Waals surface area contributed by atoms with Gasteiger partial charge < -0.3 is 4.74 Å². The second-order valence-corrected chi connectivity index (χ2v) is 5.48. The van der Waals surface area contributed by atoms with E-state index in [-0.39, 0.29) is 11.9 Å². The number of esters is 2. The third-order valence-electron chi connectivity index (χ3n) is 4.20. The van der Waals surface area contributed by atoms with E-state index in [4.69, 9.17) is 0 Å². The molecule has 2 unspecified atom stereocenters. The van der Waals surface area contributed by atoms with Crippen molar-refractivity contribution in [3.8, 4) is 0 Å². The fourth-order valence-electron chi connectivity index (χ4n) is 3.26. The van der Waals surface area contributed by atoms with E-state index >= 15 is 0 Å². The first kappa shape index (κ1) is 11.7. The third kappa shape index (κ3) is 1.92. The maximum absolute atomic E-state index is 11.2. The van der Waals surface area contributed by atoms with Gasteiger partial charge >= 0.3 is 11.9 Å². The molecular weight excluding hydrogens is 228 g/mol. The molecule has 0 N–H and O–H groups in total. The van der Waals surface area contributed by atoms with Crippen molar-refractivity contribution in [2.24, 2.45) is 11.8 Å². The summed E-state index contributed by atoms with van der Waals surface area (Å²) in [7, 11) is 0. The van der Waals surface area contributed by atoms with Gasteiger partial charge in [0, 0.05) is 0 Å². The molecule has 96 valence electrons. The van der Waals surface area contributed by atoms with Crippen molar-refractivity contribution in [1.82, 2.24) is 0 Å². The van der Waals surface area contributed by atoms with Crippen LogP contribution < -0.4 is 0 Å². The van der Waals surface area contributed by atoms with Gasteiger partial charge in [-0.15, -0.1) is 0 Å². The molecule has 0 aromatic rings. The summed E-state index contributed by atoms with van der Waals surface area (Å²) in [5.74, 6) is -0.0719. The van der Waals surface area contributed by atoms with Crippen molar-refractivity contribution in [1.29, 1.82) is 0 Å². The number of cyclic esters (lactones) is 2. The number of ether oxygens (including phenoxy) is 1. The van der Waals surface area contributed by atoms with E-state index < -0.39 is 0 Å². The van der Waals surface area contributed by atoms with Gasteiger partial charge in [-0.05, 0) is 50.4 Å². The minimum Gasteiger partial charge on any atom is -0.386 e. The van der Waals surface area contributed by atoms with E-state index in [9.17, 15) is 9.59 Å². The van der Waals surface area contributed by atoms with E-state index in [0.29, 0.717) is 23.0 Å². The standard InChI is InChI=1S/C9H8O3.C6H10/c10-8-6-4-1-2-5(3-4)7(6)9(11)12-8;1-2-3-6-4-5-6/h4-5H,1-3H2;3H,2,4-5H2,1H3. The van der Waals surface area contributed by atoms with E-state index in [1.54, 1.807) is 5.57 Å². The normalized spacial score (nSPS) is 31.1. The summed E-state index contributed by atoms with van der Waals surface area (Å²) in [6.07, 6.45) is 9.44. The molecule has 0 aromatic carbocycles. The zero-order valence-electron chi connectivity index (χ0n) is 10.7. The van der Waals surface area contributed by atoms with Gasteiger partial charge in [0.1, 0.15) is 0 Å². The Hall–Kier alpha value is -1.38. The molecule has 18 heavy (non-hydrogen) atoms. The van der Waals surface area contributed by atoms with Gasteiger partial charge in [-0.3, -0.25) is 0 Å². The van der Waals surface area contributed by atoms with Crippen molar-refractivity contribution in [2.75, 3.05) is 0 Å². The quantitative estimate of drug-likeness (QED) is 0.406. The molecule has 3 nitrogen and oxygen atoms in total. The molecule has 1 aliphatic heterocycles. The lowest BCUT2D eigenvalue weighted by atomic mass is 9.93. The van der Waals surface area contributed by atoms with Crippen LogP contribution in [0.5, 0.6) is 0 Å². The Kier molecular flexibility index (Phi) is 2.84. The van der Waals surface area contributed by atoms with Crippen LogP contribution in [-0.4, -0.2) is 11.9 Å². The lowest BCUT2D eigenvalue weighted by Gasteiger charge is -2.06. The summed E-state index contributed by atoms with van der Waals surface area (Å²) in [5, 5.41) is 0. The maximum Gasteiger partial charge on any atom is 0.342 e. The number of allylic oxidation sites excluding steroid dienone is 2. The monoisotopic (exact) mass is 246 g/mol. The van der Waals surface area contributed by atoms with Crippen LogP contribution in [0.15, 0.2) is 22.8 Å². The molecule has 3 aliphatic carbocycles. The second kappa shape index (κ2) is 4.38. The average molecular weight is 246 g/mol. The number of hydrogen-bond donors (Lipinski definition) is 0. The largest absolute Gasteiger partial charge is 0.386 e. The number of rotatable bonds is 1. The van der Waals surface area contributed by atoms with Crippen LogP contribution in [0.1, 0.15) is 45.4 Å². The van der Waals surface area contributed by atoms with Gasteiger partial charge in [-0.25, -0.2) is 9.59 Å². The van der Waals surface area contributed by atoms with Crippen molar-refractivity contribution < 1.29 is 14.3 Å². The number of carbonyl (C=O) groups excluding carboxylic acids is 2. The fourth-order valence-corrected chi connectivity index (χ4v) is 3.26. The summed E-state index contributed by atoms with van der Waals surface area (Å²) in [4.78, 5) is 22.3. The van der Waals surface area contributed by atoms with Crippen LogP contribution >= 0.6 is 0 Å². The van der Waals surface area contributed by atoms with E-state index in [1.165, 1.54) is 19.3 Å². The minimum absolute atomic E-state index is 0.337. The minimum atomic E-state index is -0.373. The molecule has 4 aliphatic rings. The van der Waals surface area contributed by atoms with E-state index in [2.05, 4.69) is 17.7 Å². The van der Waals surface area contributed by atoms with Crippen LogP contribution in [0.2, 0.25) is 0 Å². The lowest BCUT2D eigenvalue weighted by Crippen LogP contribution is -2.08. The highest BCUT2D eigenvalue weighted by Crippen LogP contribution is 2.51. The van der Waals surface area contributed by atoms with E-state index in [0.717, 1.165) is 19.3 Å². The van der Waals surface area contributed by atoms with Gasteiger partial charge in [-0.1, -0.05) is 18.6 Å². The second-order valence-electron chi connectivity index (χ2n) is 5.48. The Bertz CT molecular complexity index is 434. The molecule has 2 bridgehead atoms. The molecule has 0 amide bonds. The predicted molar refractivity (Wildman–Crippen MR) is 66.6 cm³/mol. The molecule has 4 rings (SSSR count). The summed E-state index contributed by atoms with van der Waals surface area (Å²) >= 11 is 0. The predicted octanol–water partition coefficient (Wildman–Crippen LogP) is 2.91. The topological polar surface area (TPSA) is 43.4 Å². The summed E-state index contributed by atoms with van der Waals surface area (Å²) in [6.45, 7) is 2.19. The number of fused-ring (bicyclic) bond motifs is 4. The van der Waals surface area contributed by atoms with Crippen molar-refractivity contribution in [3.05, 3.63) is 22.8 Å². The molecule has 2 saturated carbocycles. The fraction of sp³-hybridized carbons (Fsp3) is 0.600. The molecule has 0 aromatic heterocycles. The molecule has 1 heterocycles. The van der Waals surface area contributed by atoms with Crippen molar-refractivity contribution >= 4 is 11.9 Å². The summed E-state index contributed by atoms with van der Waals surface area (Å²) in [6, 6.07) is 0. The Morgan fingerprint density at radius 3 is 2.06 bits per heavy atom. The highest BCUT2D eigenvalue weighted by atomic mass is 16.6. The molecule has 3 heteroatoms. The smallest absolute Gasteiger partial charge is 0.342 e. The van der Waals surface area contributed by atoms with Gasteiger partial charge in [0.25, 0.3) is 0 Å². The van der Waals surface area contributed by atoms with E-state index in [1.807, 2.05) is 0 Å². The van der Waals surface area contributed by atoms with Crippen LogP contribution in [0.3, 0.4) is 0 Å². The lowest BCUT2D eigenvalue weighted by molar-refractivity contribution is -0.151. The first-order chi connectivity index (χ1) is 8.70. The van der Waals surface area contributed by atoms with Crippen LogP contribution in [0, 0.1) is 11.8 Å². The first-order valence-electron chi connectivity index (χ1n) is 6.89. The molecule has 0 spiro atoms. The SMILES string of the molecule is CCC=C1CC1.O=C1OC(=O)C2=C1C1CCC2C1. The Balaban J connectivity index is 0.000000142.